The Morgan fingerprint density at radius 2 is 1.84 bits per heavy atom. The van der Waals surface area contributed by atoms with Crippen LogP contribution < -0.4 is 4.90 Å². The molecule has 0 fully saturated rings. The highest BCUT2D eigenvalue weighted by Crippen LogP contribution is 2.43. The van der Waals surface area contributed by atoms with Crippen molar-refractivity contribution in [2.45, 2.75) is 19.3 Å². The smallest absolute Gasteiger partial charge is 0.318 e. The molecule has 2 aromatic carbocycles. The molecule has 6 nitrogen and oxygen atoms in total. The molecule has 25 heavy (non-hydrogen) atoms. The number of allylic oxidation sites excluding steroid dienone is 1. The van der Waals surface area contributed by atoms with E-state index in [0.29, 0.717) is 18.4 Å². The lowest BCUT2D eigenvalue weighted by Gasteiger charge is -2.20. The summed E-state index contributed by atoms with van der Waals surface area (Å²) in [6, 6.07) is 9.51. The molecule has 0 aliphatic heterocycles. The first kappa shape index (κ1) is 16.8. The third-order valence-corrected chi connectivity index (χ3v) is 4.53. The zero-order chi connectivity index (χ0) is 18.1. The fourth-order valence-electron chi connectivity index (χ4n) is 3.19. The molecule has 130 valence electrons. The van der Waals surface area contributed by atoms with Crippen molar-refractivity contribution in [1.82, 2.24) is 0 Å². The summed E-state index contributed by atoms with van der Waals surface area (Å²) >= 11 is 0. The number of phenolic OH excluding ortho intramolecular Hbond substituents is 2. The Morgan fingerprint density at radius 1 is 1.16 bits per heavy atom. The standard InChI is InChI=1S/C19H20N2O4/c1-20(2)15-7-4-12(5-8-15)9-13-3-6-14-11-17(22)19(23)18(21(24)25)16(14)10-13/h4-5,7-9,11,22-23H,3,6,10H2,1-2H3. The predicted octanol–water partition coefficient (Wildman–Crippen LogP) is 3.64. The van der Waals surface area contributed by atoms with Crippen LogP contribution in [-0.4, -0.2) is 29.2 Å². The van der Waals surface area contributed by atoms with Gasteiger partial charge in [-0.1, -0.05) is 23.8 Å². The van der Waals surface area contributed by atoms with Crippen LogP contribution in [0.15, 0.2) is 35.9 Å². The third-order valence-electron chi connectivity index (χ3n) is 4.53. The minimum Gasteiger partial charge on any atom is -0.504 e. The van der Waals surface area contributed by atoms with Crippen molar-refractivity contribution in [3.05, 3.63) is 62.7 Å². The summed E-state index contributed by atoms with van der Waals surface area (Å²) in [6.45, 7) is 0. The fourth-order valence-corrected chi connectivity index (χ4v) is 3.19. The van der Waals surface area contributed by atoms with Gasteiger partial charge in [0.1, 0.15) is 0 Å². The number of hydrogen-bond acceptors (Lipinski definition) is 5. The highest BCUT2D eigenvalue weighted by molar-refractivity contribution is 5.66. The summed E-state index contributed by atoms with van der Waals surface area (Å²) in [5.74, 6) is -1.09. The fraction of sp³-hybridized carbons (Fsp3) is 0.263. The van der Waals surface area contributed by atoms with Crippen molar-refractivity contribution in [2.75, 3.05) is 19.0 Å². The maximum atomic E-state index is 11.3. The first-order valence-electron chi connectivity index (χ1n) is 8.04. The van der Waals surface area contributed by atoms with Crippen LogP contribution in [0.2, 0.25) is 0 Å². The molecule has 0 bridgehead atoms. The SMILES string of the molecule is CN(C)c1ccc(C=C2CCc3cc(O)c(O)c([N+](=O)[O-])c3C2)cc1. The van der Waals surface area contributed by atoms with E-state index in [1.807, 2.05) is 49.3 Å². The summed E-state index contributed by atoms with van der Waals surface area (Å²) in [6.07, 6.45) is 3.81. The van der Waals surface area contributed by atoms with Crippen molar-refractivity contribution in [3.8, 4) is 11.5 Å². The van der Waals surface area contributed by atoms with Gasteiger partial charge >= 0.3 is 5.69 Å². The Morgan fingerprint density at radius 3 is 2.44 bits per heavy atom. The quantitative estimate of drug-likeness (QED) is 0.506. The maximum Gasteiger partial charge on any atom is 0.318 e. The molecule has 0 saturated heterocycles. The summed E-state index contributed by atoms with van der Waals surface area (Å²) in [7, 11) is 3.96. The van der Waals surface area contributed by atoms with Gasteiger partial charge in [0.2, 0.25) is 5.75 Å². The van der Waals surface area contributed by atoms with E-state index >= 15 is 0 Å². The van der Waals surface area contributed by atoms with E-state index in [9.17, 15) is 20.3 Å². The van der Waals surface area contributed by atoms with Gasteiger partial charge in [0.15, 0.2) is 5.75 Å². The summed E-state index contributed by atoms with van der Waals surface area (Å²) in [5.41, 5.74) is 4.04. The van der Waals surface area contributed by atoms with Crippen molar-refractivity contribution in [1.29, 1.82) is 0 Å². The average molecular weight is 340 g/mol. The van der Waals surface area contributed by atoms with E-state index in [2.05, 4.69) is 0 Å². The second-order valence-electron chi connectivity index (χ2n) is 6.45. The molecular weight excluding hydrogens is 320 g/mol. The molecule has 0 radical (unpaired) electrons. The molecule has 3 rings (SSSR count). The number of nitro groups is 1. The molecule has 2 aromatic rings. The van der Waals surface area contributed by atoms with Crippen molar-refractivity contribution in [3.63, 3.8) is 0 Å². The maximum absolute atomic E-state index is 11.3. The third kappa shape index (κ3) is 3.28. The highest BCUT2D eigenvalue weighted by Gasteiger charge is 2.29. The van der Waals surface area contributed by atoms with Gasteiger partial charge in [0.05, 0.1) is 4.92 Å². The van der Waals surface area contributed by atoms with Crippen LogP contribution >= 0.6 is 0 Å². The first-order chi connectivity index (χ1) is 11.9. The van der Waals surface area contributed by atoms with Crippen LogP contribution in [-0.2, 0) is 12.8 Å². The normalized spacial score (nSPS) is 15.0. The van der Waals surface area contributed by atoms with E-state index in [0.717, 1.165) is 28.8 Å². The van der Waals surface area contributed by atoms with Crippen LogP contribution in [0.4, 0.5) is 11.4 Å². The summed E-state index contributed by atoms with van der Waals surface area (Å²) < 4.78 is 0. The van der Waals surface area contributed by atoms with E-state index < -0.39 is 16.4 Å². The number of nitrogens with zero attached hydrogens (tertiary/aromatic N) is 2. The molecule has 1 aliphatic carbocycles. The Hall–Kier alpha value is -3.02. The number of fused-ring (bicyclic) bond motifs is 1. The Kier molecular flexibility index (Phi) is 4.35. The number of nitro benzene ring substituents is 1. The van der Waals surface area contributed by atoms with Crippen LogP contribution in [0.5, 0.6) is 11.5 Å². The molecule has 0 spiro atoms. The van der Waals surface area contributed by atoms with Gasteiger partial charge < -0.3 is 15.1 Å². The zero-order valence-corrected chi connectivity index (χ0v) is 14.2. The van der Waals surface area contributed by atoms with Crippen molar-refractivity contribution < 1.29 is 15.1 Å². The molecule has 0 atom stereocenters. The summed E-state index contributed by atoms with van der Waals surface area (Å²) in [5, 5.41) is 30.9. The molecule has 2 N–H and O–H groups in total. The number of phenols is 2. The Bertz CT molecular complexity index is 855. The van der Waals surface area contributed by atoms with Crippen LogP contribution in [0, 0.1) is 10.1 Å². The topological polar surface area (TPSA) is 86.8 Å². The lowest BCUT2D eigenvalue weighted by molar-refractivity contribution is -0.386. The van der Waals surface area contributed by atoms with E-state index in [1.165, 1.54) is 6.07 Å². The van der Waals surface area contributed by atoms with Gasteiger partial charge in [-0.2, -0.15) is 0 Å². The minimum atomic E-state index is -0.652. The molecule has 1 aliphatic rings. The zero-order valence-electron chi connectivity index (χ0n) is 14.2. The Balaban J connectivity index is 1.95. The van der Waals surface area contributed by atoms with E-state index in [-0.39, 0.29) is 5.69 Å². The molecular formula is C19H20N2O4. The lowest BCUT2D eigenvalue weighted by atomic mass is 9.85. The molecule has 6 heteroatoms. The molecule has 0 saturated carbocycles. The highest BCUT2D eigenvalue weighted by atomic mass is 16.6. The molecule has 0 unspecified atom stereocenters. The lowest BCUT2D eigenvalue weighted by Crippen LogP contribution is -2.09. The van der Waals surface area contributed by atoms with E-state index in [1.54, 1.807) is 0 Å². The number of anilines is 1. The second kappa shape index (κ2) is 6.47. The number of rotatable bonds is 3. The van der Waals surface area contributed by atoms with Crippen molar-refractivity contribution >= 4 is 17.5 Å². The van der Waals surface area contributed by atoms with Crippen molar-refractivity contribution in [2.24, 2.45) is 0 Å². The number of aromatic hydroxyl groups is 2. The second-order valence-corrected chi connectivity index (χ2v) is 6.45. The largest absolute Gasteiger partial charge is 0.504 e. The van der Waals surface area contributed by atoms with Gasteiger partial charge in [-0.15, -0.1) is 0 Å². The monoisotopic (exact) mass is 340 g/mol. The van der Waals surface area contributed by atoms with Crippen LogP contribution in [0.1, 0.15) is 23.1 Å². The number of hydrogen-bond donors (Lipinski definition) is 2. The van der Waals surface area contributed by atoms with Gasteiger partial charge in [0.25, 0.3) is 0 Å². The molecule has 0 aromatic heterocycles. The van der Waals surface area contributed by atoms with Gasteiger partial charge in [-0.05, 0) is 42.2 Å². The number of aryl methyl sites for hydroxylation is 1. The van der Waals surface area contributed by atoms with Crippen LogP contribution in [0.3, 0.4) is 0 Å². The van der Waals surface area contributed by atoms with Gasteiger partial charge in [-0.25, -0.2) is 0 Å². The minimum absolute atomic E-state index is 0.386. The molecule has 0 amide bonds. The first-order valence-corrected chi connectivity index (χ1v) is 8.04. The molecule has 0 heterocycles. The van der Waals surface area contributed by atoms with E-state index in [4.69, 9.17) is 0 Å². The number of benzene rings is 2. The Labute approximate surface area is 145 Å². The summed E-state index contributed by atoms with van der Waals surface area (Å²) in [4.78, 5) is 12.7. The van der Waals surface area contributed by atoms with Gasteiger partial charge in [0, 0.05) is 31.8 Å². The average Bonchev–Trinajstić information content (AvgIpc) is 2.56. The van der Waals surface area contributed by atoms with Crippen LogP contribution in [0.25, 0.3) is 6.08 Å². The predicted molar refractivity (Wildman–Crippen MR) is 97.2 cm³/mol. The van der Waals surface area contributed by atoms with Gasteiger partial charge in [-0.3, -0.25) is 10.1 Å².